The lowest BCUT2D eigenvalue weighted by atomic mass is 9.79. The first-order valence-corrected chi connectivity index (χ1v) is 10.5. The molecule has 2 aliphatic heterocycles. The molecule has 7 heteroatoms. The normalized spacial score (nSPS) is 33.0. The first-order valence-electron chi connectivity index (χ1n) is 10.5. The SMILES string of the molecule is OC1CCC(NCC2CCC(C3=C4c5cc[nH]c5N=CN4NN3)CC2)CC1. The molecule has 0 aromatic carbocycles. The first-order chi connectivity index (χ1) is 13.3. The number of fused-ring (bicyclic) bond motifs is 3. The second-order valence-corrected chi connectivity index (χ2v) is 8.48. The van der Waals surface area contributed by atoms with Crippen LogP contribution < -0.4 is 16.3 Å². The van der Waals surface area contributed by atoms with Crippen molar-refractivity contribution in [1.82, 2.24) is 26.3 Å². The van der Waals surface area contributed by atoms with Crippen molar-refractivity contribution in [3.8, 4) is 0 Å². The minimum Gasteiger partial charge on any atom is -0.393 e. The van der Waals surface area contributed by atoms with Gasteiger partial charge in [-0.05, 0) is 69.9 Å². The van der Waals surface area contributed by atoms with E-state index >= 15 is 0 Å². The van der Waals surface area contributed by atoms with Crippen molar-refractivity contribution in [2.45, 2.75) is 63.5 Å². The molecule has 0 spiro atoms. The zero-order valence-corrected chi connectivity index (χ0v) is 15.7. The second kappa shape index (κ2) is 7.30. The van der Waals surface area contributed by atoms with Crippen LogP contribution in [0.3, 0.4) is 0 Å². The summed E-state index contributed by atoms with van der Waals surface area (Å²) in [7, 11) is 0. The number of nitrogens with one attached hydrogen (secondary N) is 4. The van der Waals surface area contributed by atoms with Gasteiger partial charge in [0.1, 0.15) is 12.2 Å². The maximum absolute atomic E-state index is 9.65. The third-order valence-electron chi connectivity index (χ3n) is 6.74. The molecule has 5 rings (SSSR count). The second-order valence-electron chi connectivity index (χ2n) is 8.48. The number of aromatic nitrogens is 1. The van der Waals surface area contributed by atoms with Crippen molar-refractivity contribution in [2.24, 2.45) is 16.8 Å². The number of aromatic amines is 1. The van der Waals surface area contributed by atoms with E-state index < -0.39 is 0 Å². The number of aliphatic hydroxyl groups excluding tert-OH is 1. The van der Waals surface area contributed by atoms with Crippen LogP contribution in [0.4, 0.5) is 5.82 Å². The molecule has 146 valence electrons. The Morgan fingerprint density at radius 1 is 1.11 bits per heavy atom. The van der Waals surface area contributed by atoms with Gasteiger partial charge in [-0.2, -0.15) is 0 Å². The zero-order valence-electron chi connectivity index (χ0n) is 15.7. The summed E-state index contributed by atoms with van der Waals surface area (Å²) in [5, 5.41) is 15.4. The van der Waals surface area contributed by atoms with Crippen molar-refractivity contribution in [3.05, 3.63) is 23.5 Å². The van der Waals surface area contributed by atoms with Gasteiger partial charge in [-0.3, -0.25) is 0 Å². The van der Waals surface area contributed by atoms with Gasteiger partial charge in [-0.25, -0.2) is 10.0 Å². The van der Waals surface area contributed by atoms with Gasteiger partial charge < -0.3 is 20.8 Å². The Kier molecular flexibility index (Phi) is 4.67. The number of H-pyrrole nitrogens is 1. The van der Waals surface area contributed by atoms with Gasteiger partial charge in [0, 0.05) is 23.7 Å². The molecule has 5 N–H and O–H groups in total. The number of aliphatic hydroxyl groups is 1. The van der Waals surface area contributed by atoms with Crippen molar-refractivity contribution in [3.63, 3.8) is 0 Å². The van der Waals surface area contributed by atoms with Gasteiger partial charge in [0.15, 0.2) is 0 Å². The molecule has 2 saturated carbocycles. The molecule has 2 fully saturated rings. The first kappa shape index (κ1) is 17.3. The standard InChI is InChI=1S/C20H30N6O/c27-16-7-5-15(6-8-16)22-11-13-1-3-14(4-2-13)18-19-17-9-10-21-20(17)23-12-26(19)25-24-18/h9-10,12-16,21-22,24-25,27H,1-8,11H2. The predicted molar refractivity (Wildman–Crippen MR) is 106 cm³/mol. The summed E-state index contributed by atoms with van der Waals surface area (Å²) in [4.78, 5) is 7.66. The summed E-state index contributed by atoms with van der Waals surface area (Å²) >= 11 is 0. The summed E-state index contributed by atoms with van der Waals surface area (Å²) in [6.45, 7) is 1.13. The van der Waals surface area contributed by atoms with E-state index in [-0.39, 0.29) is 6.10 Å². The van der Waals surface area contributed by atoms with E-state index in [2.05, 4.69) is 32.3 Å². The average molecular weight is 371 g/mol. The molecular weight excluding hydrogens is 340 g/mol. The van der Waals surface area contributed by atoms with Gasteiger partial charge in [-0.15, -0.1) is 5.53 Å². The maximum atomic E-state index is 9.65. The van der Waals surface area contributed by atoms with E-state index in [1.54, 1.807) is 0 Å². The van der Waals surface area contributed by atoms with E-state index in [4.69, 9.17) is 0 Å². The van der Waals surface area contributed by atoms with E-state index in [1.807, 2.05) is 17.5 Å². The van der Waals surface area contributed by atoms with E-state index in [1.165, 1.54) is 42.6 Å². The minimum atomic E-state index is -0.0644. The molecule has 2 aliphatic carbocycles. The molecule has 0 saturated heterocycles. The Labute approximate surface area is 160 Å². The number of rotatable bonds is 4. The van der Waals surface area contributed by atoms with Gasteiger partial charge in [-0.1, -0.05) is 0 Å². The summed E-state index contributed by atoms with van der Waals surface area (Å²) in [6, 6.07) is 2.72. The fraction of sp³-hybridized carbons (Fsp3) is 0.650. The van der Waals surface area contributed by atoms with Crippen molar-refractivity contribution in [2.75, 3.05) is 6.54 Å². The lowest BCUT2D eigenvalue weighted by Crippen LogP contribution is -2.39. The third kappa shape index (κ3) is 3.39. The molecule has 0 atom stereocenters. The van der Waals surface area contributed by atoms with Crippen molar-refractivity contribution < 1.29 is 5.11 Å². The highest BCUT2D eigenvalue weighted by molar-refractivity contribution is 5.87. The lowest BCUT2D eigenvalue weighted by Gasteiger charge is -2.32. The van der Waals surface area contributed by atoms with Crippen LogP contribution in [-0.2, 0) is 0 Å². The molecule has 1 aromatic rings. The summed E-state index contributed by atoms with van der Waals surface area (Å²) in [6.07, 6.45) is 12.9. The van der Waals surface area contributed by atoms with E-state index in [0.717, 1.165) is 44.0 Å². The summed E-state index contributed by atoms with van der Waals surface area (Å²) in [5.41, 5.74) is 10.4. The Hall–Kier alpha value is -1.83. The van der Waals surface area contributed by atoms with Crippen molar-refractivity contribution >= 4 is 17.9 Å². The number of aliphatic imine (C=N–C) groups is 1. The maximum Gasteiger partial charge on any atom is 0.141 e. The Morgan fingerprint density at radius 2 is 1.93 bits per heavy atom. The van der Waals surface area contributed by atoms with Crippen LogP contribution in [0.2, 0.25) is 0 Å². The van der Waals surface area contributed by atoms with Crippen LogP contribution in [-0.4, -0.2) is 40.1 Å². The predicted octanol–water partition coefficient (Wildman–Crippen LogP) is 2.38. The molecule has 0 radical (unpaired) electrons. The Balaban J connectivity index is 1.18. The largest absolute Gasteiger partial charge is 0.393 e. The monoisotopic (exact) mass is 370 g/mol. The van der Waals surface area contributed by atoms with Gasteiger partial charge in [0.05, 0.1) is 17.5 Å². The Morgan fingerprint density at radius 3 is 2.74 bits per heavy atom. The van der Waals surface area contributed by atoms with Crippen LogP contribution in [0.1, 0.15) is 56.9 Å². The third-order valence-corrected chi connectivity index (χ3v) is 6.74. The minimum absolute atomic E-state index is 0.0644. The quantitative estimate of drug-likeness (QED) is 0.562. The topological polar surface area (TPSA) is 87.7 Å². The smallest absolute Gasteiger partial charge is 0.141 e. The summed E-state index contributed by atoms with van der Waals surface area (Å²) in [5.74, 6) is 2.30. The molecule has 0 unspecified atom stereocenters. The highest BCUT2D eigenvalue weighted by atomic mass is 16.3. The number of hydrogen-bond donors (Lipinski definition) is 5. The fourth-order valence-corrected chi connectivity index (χ4v) is 5.06. The average Bonchev–Trinajstić information content (AvgIpc) is 3.34. The number of hydrazine groups is 2. The van der Waals surface area contributed by atoms with Crippen LogP contribution in [0, 0.1) is 11.8 Å². The molecule has 1 aromatic heterocycles. The van der Waals surface area contributed by atoms with Crippen LogP contribution >= 0.6 is 0 Å². The summed E-state index contributed by atoms with van der Waals surface area (Å²) < 4.78 is 0. The van der Waals surface area contributed by atoms with Crippen LogP contribution in [0.5, 0.6) is 0 Å². The van der Waals surface area contributed by atoms with Crippen LogP contribution in [0.25, 0.3) is 5.70 Å². The molecular formula is C20H30N6O. The Bertz CT molecular complexity index is 725. The fourth-order valence-electron chi connectivity index (χ4n) is 5.06. The molecule has 0 amide bonds. The molecule has 4 aliphatic rings. The molecule has 27 heavy (non-hydrogen) atoms. The number of hydrogen-bond acceptors (Lipinski definition) is 6. The highest BCUT2D eigenvalue weighted by Gasteiger charge is 2.34. The van der Waals surface area contributed by atoms with Crippen molar-refractivity contribution in [1.29, 1.82) is 0 Å². The molecule has 3 heterocycles. The number of nitrogens with zero attached hydrogens (tertiary/aromatic N) is 2. The van der Waals surface area contributed by atoms with Gasteiger partial charge in [0.25, 0.3) is 0 Å². The lowest BCUT2D eigenvalue weighted by molar-refractivity contribution is 0.115. The highest BCUT2D eigenvalue weighted by Crippen LogP contribution is 2.40. The number of allylic oxidation sites excluding steroid dienone is 1. The van der Waals surface area contributed by atoms with E-state index in [9.17, 15) is 5.11 Å². The van der Waals surface area contributed by atoms with Gasteiger partial charge >= 0.3 is 0 Å². The zero-order chi connectivity index (χ0) is 18.2. The molecule has 0 bridgehead atoms. The van der Waals surface area contributed by atoms with Crippen LogP contribution in [0.15, 0.2) is 23.0 Å². The van der Waals surface area contributed by atoms with E-state index in [0.29, 0.717) is 12.0 Å². The molecule has 7 nitrogen and oxygen atoms in total. The van der Waals surface area contributed by atoms with Gasteiger partial charge in [0.2, 0.25) is 0 Å².